The van der Waals surface area contributed by atoms with E-state index in [4.69, 9.17) is 4.74 Å². The second-order valence-corrected chi connectivity index (χ2v) is 8.35. The van der Waals surface area contributed by atoms with Gasteiger partial charge in [-0.3, -0.25) is 14.5 Å². The summed E-state index contributed by atoms with van der Waals surface area (Å²) in [5, 5.41) is 2.88. The van der Waals surface area contributed by atoms with Gasteiger partial charge in [-0.1, -0.05) is 27.7 Å². The van der Waals surface area contributed by atoms with Crippen LogP contribution in [0.1, 0.15) is 20.3 Å². The number of thioether (sulfide) groups is 1. The van der Waals surface area contributed by atoms with E-state index < -0.39 is 5.25 Å². The third-order valence-electron chi connectivity index (χ3n) is 4.23. The number of nitrogens with one attached hydrogen (secondary N) is 1. The number of amidine groups is 1. The fourth-order valence-corrected chi connectivity index (χ4v) is 4.23. The molecule has 0 aromatic heterocycles. The molecule has 6 nitrogen and oxygen atoms in total. The lowest BCUT2D eigenvalue weighted by atomic mass is 10.2. The number of benzene rings is 2. The molecule has 0 saturated carbocycles. The summed E-state index contributed by atoms with van der Waals surface area (Å²) >= 11 is 4.71. The Labute approximate surface area is 182 Å². The number of halogens is 1. The van der Waals surface area contributed by atoms with Crippen molar-refractivity contribution in [1.29, 1.82) is 0 Å². The van der Waals surface area contributed by atoms with Crippen LogP contribution in [-0.2, 0) is 9.59 Å². The number of carbonyl (C=O) groups is 2. The molecule has 0 bridgehead atoms. The fourth-order valence-electron chi connectivity index (χ4n) is 2.80. The van der Waals surface area contributed by atoms with Crippen molar-refractivity contribution >= 4 is 56.0 Å². The van der Waals surface area contributed by atoms with Crippen LogP contribution in [0.2, 0.25) is 0 Å². The van der Waals surface area contributed by atoms with Crippen molar-refractivity contribution < 1.29 is 14.3 Å². The number of hydrogen-bond donors (Lipinski definition) is 1. The van der Waals surface area contributed by atoms with E-state index in [1.54, 1.807) is 29.2 Å². The van der Waals surface area contributed by atoms with Gasteiger partial charge in [0.15, 0.2) is 5.17 Å². The quantitative estimate of drug-likeness (QED) is 0.649. The third-order valence-corrected chi connectivity index (χ3v) is 5.95. The first-order chi connectivity index (χ1) is 14.0. The zero-order chi connectivity index (χ0) is 20.8. The first kappa shape index (κ1) is 21.4. The lowest BCUT2D eigenvalue weighted by Crippen LogP contribution is -2.45. The first-order valence-electron chi connectivity index (χ1n) is 9.35. The van der Waals surface area contributed by atoms with Gasteiger partial charge in [0.1, 0.15) is 11.0 Å². The minimum absolute atomic E-state index is 0.103. The van der Waals surface area contributed by atoms with Gasteiger partial charge in [0, 0.05) is 23.1 Å². The number of nitrogens with zero attached hydrogens (tertiary/aromatic N) is 2. The summed E-state index contributed by atoms with van der Waals surface area (Å²) in [6, 6.07) is 14.7. The normalized spacial score (nSPS) is 18.0. The zero-order valence-electron chi connectivity index (χ0n) is 16.2. The molecule has 1 fully saturated rings. The Hall–Kier alpha value is -2.32. The van der Waals surface area contributed by atoms with Gasteiger partial charge < -0.3 is 10.1 Å². The highest BCUT2D eigenvalue weighted by atomic mass is 79.9. The fraction of sp³-hybridized carbons (Fsp3) is 0.286. The highest BCUT2D eigenvalue weighted by molar-refractivity contribution is 9.10. The van der Waals surface area contributed by atoms with Crippen molar-refractivity contribution in [1.82, 2.24) is 4.90 Å². The maximum atomic E-state index is 12.8. The molecule has 8 heteroatoms. The number of carbonyl (C=O) groups excluding carboxylic acids is 2. The molecule has 2 aromatic carbocycles. The van der Waals surface area contributed by atoms with Gasteiger partial charge in [-0.2, -0.15) is 0 Å². The molecule has 152 valence electrons. The summed E-state index contributed by atoms with van der Waals surface area (Å²) in [4.78, 5) is 31.6. The van der Waals surface area contributed by atoms with E-state index >= 15 is 0 Å². The molecule has 1 aliphatic rings. The SMILES string of the molecule is CCOc1ccc(NC(=O)[C@@H]2CC(=O)N(CC)C(=Nc3ccc(Br)cc3)S2)cc1. The van der Waals surface area contributed by atoms with Crippen LogP contribution in [0.15, 0.2) is 58.0 Å². The third kappa shape index (κ3) is 5.61. The van der Waals surface area contributed by atoms with Crippen LogP contribution in [0.3, 0.4) is 0 Å². The second-order valence-electron chi connectivity index (χ2n) is 6.27. The molecule has 1 heterocycles. The second kappa shape index (κ2) is 9.93. The Bertz CT molecular complexity index is 900. The molecule has 1 saturated heterocycles. The van der Waals surface area contributed by atoms with Crippen LogP contribution in [0.25, 0.3) is 0 Å². The Morgan fingerprint density at radius 2 is 1.90 bits per heavy atom. The number of aliphatic imine (C=N–C) groups is 1. The van der Waals surface area contributed by atoms with E-state index in [1.165, 1.54) is 11.8 Å². The molecule has 0 radical (unpaired) electrons. The van der Waals surface area contributed by atoms with Gasteiger partial charge in [-0.05, 0) is 62.4 Å². The van der Waals surface area contributed by atoms with Crippen molar-refractivity contribution in [3.8, 4) is 5.75 Å². The summed E-state index contributed by atoms with van der Waals surface area (Å²) < 4.78 is 6.37. The first-order valence-corrected chi connectivity index (χ1v) is 11.0. The molecule has 1 aliphatic heterocycles. The predicted octanol–water partition coefficient (Wildman–Crippen LogP) is 4.83. The minimum Gasteiger partial charge on any atom is -0.494 e. The summed E-state index contributed by atoms with van der Waals surface area (Å²) in [6.45, 7) is 4.91. The molecular weight excluding hydrogens is 454 g/mol. The summed E-state index contributed by atoms with van der Waals surface area (Å²) in [5.41, 5.74) is 1.39. The lowest BCUT2D eigenvalue weighted by molar-refractivity contribution is -0.129. The average molecular weight is 476 g/mol. The largest absolute Gasteiger partial charge is 0.494 e. The van der Waals surface area contributed by atoms with Gasteiger partial charge in [0.05, 0.1) is 12.3 Å². The maximum Gasteiger partial charge on any atom is 0.238 e. The van der Waals surface area contributed by atoms with E-state index in [0.717, 1.165) is 15.9 Å². The Morgan fingerprint density at radius 3 is 2.52 bits per heavy atom. The van der Waals surface area contributed by atoms with Crippen molar-refractivity contribution in [2.45, 2.75) is 25.5 Å². The van der Waals surface area contributed by atoms with Crippen LogP contribution < -0.4 is 10.1 Å². The topological polar surface area (TPSA) is 71.0 Å². The van der Waals surface area contributed by atoms with Crippen molar-refractivity contribution in [2.24, 2.45) is 4.99 Å². The number of amides is 2. The molecule has 1 atom stereocenters. The van der Waals surface area contributed by atoms with E-state index in [1.807, 2.05) is 38.1 Å². The van der Waals surface area contributed by atoms with Crippen molar-refractivity contribution in [3.05, 3.63) is 53.0 Å². The predicted molar refractivity (Wildman–Crippen MR) is 121 cm³/mol. The number of rotatable bonds is 6. The van der Waals surface area contributed by atoms with Crippen molar-refractivity contribution in [3.63, 3.8) is 0 Å². The van der Waals surface area contributed by atoms with Gasteiger partial charge in [-0.15, -0.1) is 0 Å². The van der Waals surface area contributed by atoms with Crippen molar-refractivity contribution in [2.75, 3.05) is 18.5 Å². The van der Waals surface area contributed by atoms with Crippen LogP contribution in [0.5, 0.6) is 5.75 Å². The van der Waals surface area contributed by atoms with E-state index in [-0.39, 0.29) is 18.2 Å². The molecule has 29 heavy (non-hydrogen) atoms. The molecule has 0 aliphatic carbocycles. The highest BCUT2D eigenvalue weighted by Crippen LogP contribution is 2.30. The standard InChI is InChI=1S/C21H22BrN3O3S/c1-3-25-19(26)13-18(29-21(25)24-16-7-5-14(22)6-8-16)20(27)23-15-9-11-17(12-10-15)28-4-2/h5-12,18H,3-4,13H2,1-2H3,(H,23,27)/t18-/m0/s1. The highest BCUT2D eigenvalue weighted by Gasteiger charge is 2.35. The zero-order valence-corrected chi connectivity index (χ0v) is 18.6. The van der Waals surface area contributed by atoms with Gasteiger partial charge in [0.25, 0.3) is 0 Å². The Balaban J connectivity index is 1.74. The molecule has 0 spiro atoms. The van der Waals surface area contributed by atoms with Crippen LogP contribution in [-0.4, -0.2) is 40.3 Å². The van der Waals surface area contributed by atoms with Gasteiger partial charge in [-0.25, -0.2) is 4.99 Å². The van der Waals surface area contributed by atoms with E-state index in [9.17, 15) is 9.59 Å². The number of anilines is 1. The monoisotopic (exact) mass is 475 g/mol. The Morgan fingerprint density at radius 1 is 1.21 bits per heavy atom. The molecule has 0 unspecified atom stereocenters. The molecule has 2 amide bonds. The number of ether oxygens (including phenoxy) is 1. The van der Waals surface area contributed by atoms with Crippen LogP contribution in [0, 0.1) is 0 Å². The van der Waals surface area contributed by atoms with Gasteiger partial charge >= 0.3 is 0 Å². The number of hydrogen-bond acceptors (Lipinski definition) is 5. The molecule has 3 rings (SSSR count). The summed E-state index contributed by atoms with van der Waals surface area (Å²) in [5.74, 6) is 0.427. The minimum atomic E-state index is -0.536. The van der Waals surface area contributed by atoms with E-state index in [0.29, 0.717) is 24.0 Å². The van der Waals surface area contributed by atoms with Crippen LogP contribution in [0.4, 0.5) is 11.4 Å². The maximum absolute atomic E-state index is 12.8. The van der Waals surface area contributed by atoms with Gasteiger partial charge in [0.2, 0.25) is 11.8 Å². The van der Waals surface area contributed by atoms with E-state index in [2.05, 4.69) is 26.2 Å². The molecule has 1 N–H and O–H groups in total. The molecular formula is C21H22BrN3O3S. The average Bonchev–Trinajstić information content (AvgIpc) is 2.71. The Kier molecular flexibility index (Phi) is 7.33. The summed E-state index contributed by atoms with van der Waals surface area (Å²) in [7, 11) is 0. The smallest absolute Gasteiger partial charge is 0.238 e. The van der Waals surface area contributed by atoms with Crippen LogP contribution >= 0.6 is 27.7 Å². The summed E-state index contributed by atoms with van der Waals surface area (Å²) in [6.07, 6.45) is 0.140. The molecule has 2 aromatic rings. The lowest BCUT2D eigenvalue weighted by Gasteiger charge is -2.30.